The molecule has 78 valence electrons. The Morgan fingerprint density at radius 3 is 2.86 bits per heavy atom. The minimum absolute atomic E-state index is 0.141. The second kappa shape index (κ2) is 5.73. The Kier molecular flexibility index (Phi) is 4.56. The number of hydrogen-bond acceptors (Lipinski definition) is 3. The van der Waals surface area contributed by atoms with Gasteiger partial charge in [-0.1, -0.05) is 13.0 Å². The Morgan fingerprint density at radius 1 is 1.50 bits per heavy atom. The fourth-order valence-corrected chi connectivity index (χ4v) is 1.31. The van der Waals surface area contributed by atoms with Gasteiger partial charge in [-0.3, -0.25) is 4.98 Å². The molecule has 1 N–H and O–H groups in total. The van der Waals surface area contributed by atoms with Crippen molar-refractivity contribution in [1.82, 2.24) is 4.98 Å². The van der Waals surface area contributed by atoms with Gasteiger partial charge in [-0.25, -0.2) is 0 Å². The fourth-order valence-electron chi connectivity index (χ4n) is 1.31. The molecule has 0 fully saturated rings. The molecule has 0 amide bonds. The summed E-state index contributed by atoms with van der Waals surface area (Å²) >= 11 is 0. The van der Waals surface area contributed by atoms with Crippen molar-refractivity contribution in [2.24, 2.45) is 5.92 Å². The van der Waals surface area contributed by atoms with Gasteiger partial charge in [-0.2, -0.15) is 0 Å². The lowest BCUT2D eigenvalue weighted by Crippen LogP contribution is -2.24. The van der Waals surface area contributed by atoms with Crippen LogP contribution < -0.4 is 0 Å². The minimum Gasteiger partial charge on any atom is -0.392 e. The molecule has 0 spiro atoms. The molecular formula is C11H17NO2. The number of aliphatic hydroxyl groups is 1. The van der Waals surface area contributed by atoms with E-state index in [0.717, 1.165) is 5.69 Å². The molecule has 0 aromatic carbocycles. The molecule has 0 aliphatic carbocycles. The van der Waals surface area contributed by atoms with E-state index >= 15 is 0 Å². The third-order valence-electron chi connectivity index (χ3n) is 2.23. The van der Waals surface area contributed by atoms with Crippen molar-refractivity contribution in [2.75, 3.05) is 13.7 Å². The van der Waals surface area contributed by atoms with E-state index in [1.807, 2.05) is 25.1 Å². The summed E-state index contributed by atoms with van der Waals surface area (Å²) in [5, 5.41) is 9.78. The largest absolute Gasteiger partial charge is 0.392 e. The van der Waals surface area contributed by atoms with Crippen molar-refractivity contribution in [3.63, 3.8) is 0 Å². The van der Waals surface area contributed by atoms with Crippen LogP contribution in [0.2, 0.25) is 0 Å². The second-order valence-corrected chi connectivity index (χ2v) is 3.53. The van der Waals surface area contributed by atoms with Crippen LogP contribution in [0.1, 0.15) is 12.6 Å². The van der Waals surface area contributed by atoms with Crippen molar-refractivity contribution in [3.8, 4) is 0 Å². The summed E-state index contributed by atoms with van der Waals surface area (Å²) in [5.74, 6) is 0.141. The molecule has 2 atom stereocenters. The van der Waals surface area contributed by atoms with Crippen molar-refractivity contribution in [3.05, 3.63) is 30.1 Å². The number of nitrogens with zero attached hydrogens (tertiary/aromatic N) is 1. The van der Waals surface area contributed by atoms with Crippen LogP contribution in [0.25, 0.3) is 0 Å². The lowest BCUT2D eigenvalue weighted by molar-refractivity contribution is 0.0569. The Bertz CT molecular complexity index is 251. The van der Waals surface area contributed by atoms with E-state index in [4.69, 9.17) is 4.74 Å². The van der Waals surface area contributed by atoms with Gasteiger partial charge in [0.15, 0.2) is 0 Å². The first kappa shape index (κ1) is 11.1. The first-order valence-electron chi connectivity index (χ1n) is 4.81. The topological polar surface area (TPSA) is 42.4 Å². The van der Waals surface area contributed by atoms with Crippen LogP contribution in [0.15, 0.2) is 24.4 Å². The summed E-state index contributed by atoms with van der Waals surface area (Å²) in [4.78, 5) is 4.16. The molecule has 3 nitrogen and oxygen atoms in total. The highest BCUT2D eigenvalue weighted by molar-refractivity contribution is 5.04. The molecule has 14 heavy (non-hydrogen) atoms. The highest BCUT2D eigenvalue weighted by atomic mass is 16.5. The van der Waals surface area contributed by atoms with E-state index in [0.29, 0.717) is 13.0 Å². The van der Waals surface area contributed by atoms with Crippen molar-refractivity contribution < 1.29 is 9.84 Å². The Hall–Kier alpha value is -0.930. The van der Waals surface area contributed by atoms with Gasteiger partial charge in [0.05, 0.1) is 12.7 Å². The van der Waals surface area contributed by atoms with Crippen LogP contribution in [-0.2, 0) is 11.2 Å². The molecule has 2 unspecified atom stereocenters. The van der Waals surface area contributed by atoms with E-state index in [9.17, 15) is 5.11 Å². The van der Waals surface area contributed by atoms with Gasteiger partial charge in [0, 0.05) is 31.3 Å². The van der Waals surface area contributed by atoms with Gasteiger partial charge >= 0.3 is 0 Å². The molecular weight excluding hydrogens is 178 g/mol. The van der Waals surface area contributed by atoms with Gasteiger partial charge in [-0.05, 0) is 12.1 Å². The third kappa shape index (κ3) is 3.44. The van der Waals surface area contributed by atoms with E-state index in [1.165, 1.54) is 0 Å². The average molecular weight is 195 g/mol. The van der Waals surface area contributed by atoms with Crippen molar-refractivity contribution in [2.45, 2.75) is 19.4 Å². The van der Waals surface area contributed by atoms with Crippen LogP contribution in [0.4, 0.5) is 0 Å². The lowest BCUT2D eigenvalue weighted by atomic mass is 10.0. The molecule has 1 aromatic rings. The molecule has 0 aliphatic rings. The predicted molar refractivity (Wildman–Crippen MR) is 55.0 cm³/mol. The summed E-state index contributed by atoms with van der Waals surface area (Å²) < 4.78 is 4.98. The van der Waals surface area contributed by atoms with Crippen molar-refractivity contribution >= 4 is 0 Å². The Balaban J connectivity index is 2.44. The van der Waals surface area contributed by atoms with Crippen LogP contribution in [-0.4, -0.2) is 29.9 Å². The van der Waals surface area contributed by atoms with E-state index in [1.54, 1.807) is 13.3 Å². The summed E-state index contributed by atoms with van der Waals surface area (Å²) in [6.45, 7) is 2.55. The molecule has 0 saturated heterocycles. The van der Waals surface area contributed by atoms with Gasteiger partial charge in [0.2, 0.25) is 0 Å². The van der Waals surface area contributed by atoms with Crippen LogP contribution in [0.5, 0.6) is 0 Å². The maximum absolute atomic E-state index is 9.78. The fraction of sp³-hybridized carbons (Fsp3) is 0.545. The SMILES string of the molecule is COCC(C)C(O)Cc1ccccn1. The smallest absolute Gasteiger partial charge is 0.0643 e. The number of hydrogen-bond donors (Lipinski definition) is 1. The zero-order valence-electron chi connectivity index (χ0n) is 8.68. The monoisotopic (exact) mass is 195 g/mol. The standard InChI is InChI=1S/C11H17NO2/c1-9(8-14-2)11(13)7-10-5-3-4-6-12-10/h3-6,9,11,13H,7-8H2,1-2H3. The summed E-state index contributed by atoms with van der Waals surface area (Å²) in [7, 11) is 1.64. The normalized spacial score (nSPS) is 15.1. The molecule has 0 saturated carbocycles. The predicted octanol–water partition coefficient (Wildman–Crippen LogP) is 1.27. The summed E-state index contributed by atoms with van der Waals surface area (Å²) in [6, 6.07) is 5.72. The zero-order valence-corrected chi connectivity index (χ0v) is 8.68. The van der Waals surface area contributed by atoms with Crippen LogP contribution in [0.3, 0.4) is 0 Å². The van der Waals surface area contributed by atoms with Crippen LogP contribution in [0, 0.1) is 5.92 Å². The van der Waals surface area contributed by atoms with E-state index in [-0.39, 0.29) is 12.0 Å². The van der Waals surface area contributed by atoms with E-state index < -0.39 is 0 Å². The first-order chi connectivity index (χ1) is 6.74. The molecule has 0 bridgehead atoms. The Morgan fingerprint density at radius 2 is 2.29 bits per heavy atom. The third-order valence-corrected chi connectivity index (χ3v) is 2.23. The number of methoxy groups -OCH3 is 1. The molecule has 0 radical (unpaired) electrons. The second-order valence-electron chi connectivity index (χ2n) is 3.53. The number of ether oxygens (including phenoxy) is 1. The highest BCUT2D eigenvalue weighted by Crippen LogP contribution is 2.08. The number of aliphatic hydroxyl groups excluding tert-OH is 1. The van der Waals surface area contributed by atoms with Gasteiger partial charge in [0.1, 0.15) is 0 Å². The maximum atomic E-state index is 9.78. The number of pyridine rings is 1. The lowest BCUT2D eigenvalue weighted by Gasteiger charge is -2.17. The molecule has 1 heterocycles. The maximum Gasteiger partial charge on any atom is 0.0643 e. The summed E-state index contributed by atoms with van der Waals surface area (Å²) in [6.07, 6.45) is 1.94. The van der Waals surface area contributed by atoms with Gasteiger partial charge < -0.3 is 9.84 Å². The quantitative estimate of drug-likeness (QED) is 0.769. The number of rotatable bonds is 5. The zero-order chi connectivity index (χ0) is 10.4. The number of aromatic nitrogens is 1. The molecule has 1 rings (SSSR count). The molecule has 1 aromatic heterocycles. The summed E-state index contributed by atoms with van der Waals surface area (Å²) in [5.41, 5.74) is 0.919. The first-order valence-corrected chi connectivity index (χ1v) is 4.81. The van der Waals surface area contributed by atoms with Gasteiger partial charge in [-0.15, -0.1) is 0 Å². The van der Waals surface area contributed by atoms with Crippen LogP contribution >= 0.6 is 0 Å². The average Bonchev–Trinajstić information content (AvgIpc) is 2.19. The van der Waals surface area contributed by atoms with E-state index in [2.05, 4.69) is 4.98 Å². The Labute approximate surface area is 84.7 Å². The minimum atomic E-state index is -0.384. The van der Waals surface area contributed by atoms with Crippen molar-refractivity contribution in [1.29, 1.82) is 0 Å². The van der Waals surface area contributed by atoms with Gasteiger partial charge in [0.25, 0.3) is 0 Å². The molecule has 3 heteroatoms. The highest BCUT2D eigenvalue weighted by Gasteiger charge is 2.14. The molecule has 0 aliphatic heterocycles.